The van der Waals surface area contributed by atoms with Gasteiger partial charge in [0, 0.05) is 23.4 Å². The van der Waals surface area contributed by atoms with Crippen LogP contribution in [0.5, 0.6) is 0 Å². The summed E-state index contributed by atoms with van der Waals surface area (Å²) in [6.45, 7) is 1.15. The van der Waals surface area contributed by atoms with Crippen LogP contribution in [-0.2, 0) is 17.9 Å². The van der Waals surface area contributed by atoms with Gasteiger partial charge in [0.15, 0.2) is 0 Å². The molecule has 1 aromatic heterocycles. The number of hydrogen-bond donors (Lipinski definition) is 1. The molecule has 0 saturated heterocycles. The third-order valence-electron chi connectivity index (χ3n) is 2.81. The molecule has 20 heavy (non-hydrogen) atoms. The molecule has 0 unspecified atom stereocenters. The highest BCUT2D eigenvalue weighted by Crippen LogP contribution is 2.36. The van der Waals surface area contributed by atoms with Gasteiger partial charge in [-0.25, -0.2) is 9.37 Å². The molecule has 108 valence electrons. The molecule has 0 aliphatic carbocycles. The number of thioether (sulfide) groups is 1. The van der Waals surface area contributed by atoms with Crippen LogP contribution >= 0.6 is 23.1 Å². The van der Waals surface area contributed by atoms with Crippen LogP contribution in [-0.4, -0.2) is 25.4 Å². The lowest BCUT2D eigenvalue weighted by atomic mass is 10.2. The summed E-state index contributed by atoms with van der Waals surface area (Å²) in [4.78, 5) is 6.54. The summed E-state index contributed by atoms with van der Waals surface area (Å²) < 4.78 is 19.3. The fourth-order valence-electron chi connectivity index (χ4n) is 1.92. The van der Waals surface area contributed by atoms with Gasteiger partial charge >= 0.3 is 0 Å². The van der Waals surface area contributed by atoms with E-state index >= 15 is 0 Å². The van der Waals surface area contributed by atoms with Crippen LogP contribution in [0.25, 0.3) is 10.6 Å². The Labute approximate surface area is 126 Å². The highest BCUT2D eigenvalue weighted by molar-refractivity contribution is 7.98. The van der Waals surface area contributed by atoms with Crippen molar-refractivity contribution in [3.63, 3.8) is 0 Å². The molecule has 2 aromatic rings. The zero-order chi connectivity index (χ0) is 14.5. The lowest BCUT2D eigenvalue weighted by molar-refractivity contribution is 0.181. The standard InChI is InChI=1S/C14H17FN2OS2/c1-16-7-12-10(8-18-2)17-14(20-12)13-9(15)5-4-6-11(13)19-3/h4-6,16H,7-8H2,1-3H3. The van der Waals surface area contributed by atoms with Gasteiger partial charge in [-0.2, -0.15) is 0 Å². The van der Waals surface area contributed by atoms with E-state index in [2.05, 4.69) is 10.3 Å². The Kier molecular flexibility index (Phi) is 5.54. The van der Waals surface area contributed by atoms with E-state index in [0.717, 1.165) is 15.5 Å². The number of thiazole rings is 1. The van der Waals surface area contributed by atoms with Crippen LogP contribution in [0.3, 0.4) is 0 Å². The minimum Gasteiger partial charge on any atom is -0.378 e. The quantitative estimate of drug-likeness (QED) is 0.827. The van der Waals surface area contributed by atoms with Crippen molar-refractivity contribution in [1.82, 2.24) is 10.3 Å². The Balaban J connectivity index is 2.50. The van der Waals surface area contributed by atoms with Crippen molar-refractivity contribution < 1.29 is 9.13 Å². The molecule has 2 rings (SSSR count). The smallest absolute Gasteiger partial charge is 0.134 e. The fraction of sp³-hybridized carbons (Fsp3) is 0.357. The van der Waals surface area contributed by atoms with Crippen LogP contribution in [0.1, 0.15) is 10.6 Å². The molecule has 0 bridgehead atoms. The largest absolute Gasteiger partial charge is 0.378 e. The van der Waals surface area contributed by atoms with Crippen LogP contribution in [0, 0.1) is 5.82 Å². The Bertz CT molecular complexity index is 563. The summed E-state index contributed by atoms with van der Waals surface area (Å²) in [7, 11) is 3.52. The molecule has 0 spiro atoms. The molecule has 0 fully saturated rings. The van der Waals surface area contributed by atoms with Gasteiger partial charge in [-0.05, 0) is 25.4 Å². The first-order valence-electron chi connectivity index (χ1n) is 6.16. The molecule has 0 aliphatic rings. The lowest BCUT2D eigenvalue weighted by Crippen LogP contribution is -2.06. The molecule has 3 nitrogen and oxygen atoms in total. The molecule has 0 saturated carbocycles. The van der Waals surface area contributed by atoms with Gasteiger partial charge in [0.25, 0.3) is 0 Å². The Morgan fingerprint density at radius 1 is 1.45 bits per heavy atom. The van der Waals surface area contributed by atoms with E-state index in [-0.39, 0.29) is 5.82 Å². The second kappa shape index (κ2) is 7.17. The summed E-state index contributed by atoms with van der Waals surface area (Å²) >= 11 is 3.04. The molecule has 0 amide bonds. The number of methoxy groups -OCH3 is 1. The van der Waals surface area contributed by atoms with E-state index < -0.39 is 0 Å². The van der Waals surface area contributed by atoms with Gasteiger partial charge < -0.3 is 10.1 Å². The van der Waals surface area contributed by atoms with Crippen molar-refractivity contribution in [3.05, 3.63) is 34.6 Å². The predicted molar refractivity (Wildman–Crippen MR) is 82.8 cm³/mol. The maximum Gasteiger partial charge on any atom is 0.134 e. The molecular formula is C14H17FN2OS2. The molecule has 1 N–H and O–H groups in total. The Hall–Kier alpha value is -0.950. The summed E-state index contributed by atoms with van der Waals surface area (Å²) in [6.07, 6.45) is 1.94. The SMILES string of the molecule is CNCc1sc(-c2c(F)cccc2SC)nc1COC. The number of halogens is 1. The summed E-state index contributed by atoms with van der Waals surface area (Å²) in [5.74, 6) is -0.231. The molecule has 0 aliphatic heterocycles. The van der Waals surface area contributed by atoms with Crippen LogP contribution in [0.15, 0.2) is 23.1 Å². The summed E-state index contributed by atoms with van der Waals surface area (Å²) in [5, 5.41) is 3.82. The van der Waals surface area contributed by atoms with Crippen molar-refractivity contribution in [3.8, 4) is 10.6 Å². The maximum atomic E-state index is 14.1. The van der Waals surface area contributed by atoms with E-state index in [1.165, 1.54) is 29.2 Å². The fourth-order valence-corrected chi connectivity index (χ4v) is 3.74. The maximum absolute atomic E-state index is 14.1. The second-order valence-electron chi connectivity index (χ2n) is 4.17. The van der Waals surface area contributed by atoms with Crippen LogP contribution < -0.4 is 5.32 Å². The molecular weight excluding hydrogens is 295 g/mol. The van der Waals surface area contributed by atoms with Crippen molar-refractivity contribution >= 4 is 23.1 Å². The molecule has 0 radical (unpaired) electrons. The van der Waals surface area contributed by atoms with Crippen molar-refractivity contribution in [2.24, 2.45) is 0 Å². The molecule has 1 heterocycles. The van der Waals surface area contributed by atoms with Crippen molar-refractivity contribution in [2.75, 3.05) is 20.4 Å². The van der Waals surface area contributed by atoms with Crippen LogP contribution in [0.4, 0.5) is 4.39 Å². The van der Waals surface area contributed by atoms with E-state index in [1.807, 2.05) is 19.4 Å². The van der Waals surface area contributed by atoms with Crippen molar-refractivity contribution in [2.45, 2.75) is 18.0 Å². The van der Waals surface area contributed by atoms with Gasteiger partial charge in [-0.3, -0.25) is 0 Å². The second-order valence-corrected chi connectivity index (χ2v) is 6.10. The first-order chi connectivity index (χ1) is 9.71. The van der Waals surface area contributed by atoms with Gasteiger partial charge in [0.2, 0.25) is 0 Å². The van der Waals surface area contributed by atoms with Gasteiger partial charge in [0.1, 0.15) is 10.8 Å². The van der Waals surface area contributed by atoms with E-state index in [1.54, 1.807) is 13.2 Å². The van der Waals surface area contributed by atoms with Crippen LogP contribution in [0.2, 0.25) is 0 Å². The Morgan fingerprint density at radius 2 is 2.25 bits per heavy atom. The third kappa shape index (κ3) is 3.20. The number of ether oxygens (including phenoxy) is 1. The minimum absolute atomic E-state index is 0.231. The number of hydrogen-bond acceptors (Lipinski definition) is 5. The lowest BCUT2D eigenvalue weighted by Gasteiger charge is -2.05. The number of rotatable bonds is 6. The van der Waals surface area contributed by atoms with E-state index in [0.29, 0.717) is 23.7 Å². The summed E-state index contributed by atoms with van der Waals surface area (Å²) in [5.41, 5.74) is 1.46. The van der Waals surface area contributed by atoms with E-state index in [4.69, 9.17) is 4.74 Å². The average Bonchev–Trinajstić information content (AvgIpc) is 2.82. The zero-order valence-corrected chi connectivity index (χ0v) is 13.3. The van der Waals surface area contributed by atoms with Gasteiger partial charge in [-0.1, -0.05) is 6.07 Å². The predicted octanol–water partition coefficient (Wildman–Crippen LogP) is 3.54. The average molecular weight is 312 g/mol. The normalized spacial score (nSPS) is 11.0. The van der Waals surface area contributed by atoms with Gasteiger partial charge in [0.05, 0.1) is 17.9 Å². The number of aromatic nitrogens is 1. The zero-order valence-electron chi connectivity index (χ0n) is 11.7. The molecule has 1 aromatic carbocycles. The third-order valence-corrected chi connectivity index (χ3v) is 4.70. The van der Waals surface area contributed by atoms with Crippen molar-refractivity contribution in [1.29, 1.82) is 0 Å². The highest BCUT2D eigenvalue weighted by Gasteiger charge is 2.17. The first-order valence-corrected chi connectivity index (χ1v) is 8.20. The number of nitrogens with zero attached hydrogens (tertiary/aromatic N) is 1. The van der Waals surface area contributed by atoms with Gasteiger partial charge in [-0.15, -0.1) is 23.1 Å². The Morgan fingerprint density at radius 3 is 2.90 bits per heavy atom. The summed E-state index contributed by atoms with van der Waals surface area (Å²) in [6, 6.07) is 5.12. The first kappa shape index (κ1) is 15.4. The molecule has 0 atom stereocenters. The van der Waals surface area contributed by atoms with E-state index in [9.17, 15) is 4.39 Å². The monoisotopic (exact) mass is 312 g/mol. The molecule has 6 heteroatoms. The number of benzene rings is 1. The number of nitrogens with one attached hydrogen (secondary N) is 1. The topological polar surface area (TPSA) is 34.2 Å². The highest BCUT2D eigenvalue weighted by atomic mass is 32.2. The minimum atomic E-state index is -0.231.